The monoisotopic (exact) mass is 217 g/mol. The third kappa shape index (κ3) is 3.08. The molecule has 0 aliphatic rings. The van der Waals surface area contributed by atoms with E-state index in [1.807, 2.05) is 0 Å². The van der Waals surface area contributed by atoms with Gasteiger partial charge in [-0.1, -0.05) is 12.1 Å². The van der Waals surface area contributed by atoms with Gasteiger partial charge >= 0.3 is 0 Å². The summed E-state index contributed by atoms with van der Waals surface area (Å²) in [6.45, 7) is 0.180. The molecule has 0 aromatic heterocycles. The summed E-state index contributed by atoms with van der Waals surface area (Å²) >= 11 is 0. The van der Waals surface area contributed by atoms with E-state index < -0.39 is 10.0 Å². The second-order valence-corrected chi connectivity index (χ2v) is 4.18. The number of nitrogens with two attached hydrogens (primary N) is 1. The van der Waals surface area contributed by atoms with Gasteiger partial charge in [0.05, 0.1) is 12.0 Å². The molecule has 0 saturated heterocycles. The van der Waals surface area contributed by atoms with Crippen molar-refractivity contribution in [1.82, 2.24) is 0 Å². The Bertz CT molecular complexity index is 402. The molecule has 14 heavy (non-hydrogen) atoms. The second kappa shape index (κ2) is 4.52. The Morgan fingerprint density at radius 2 is 2.14 bits per heavy atom. The third-order valence-corrected chi connectivity index (χ3v) is 2.48. The first-order valence-electron chi connectivity index (χ1n) is 3.81. The van der Waals surface area contributed by atoms with E-state index in [2.05, 4.69) is 9.78 Å². The maximum atomic E-state index is 11.0. The lowest BCUT2D eigenvalue weighted by molar-refractivity contribution is -0.282. The highest BCUT2D eigenvalue weighted by atomic mass is 32.2. The van der Waals surface area contributed by atoms with Crippen LogP contribution in [0.5, 0.6) is 0 Å². The van der Waals surface area contributed by atoms with Crippen LogP contribution in [0.2, 0.25) is 0 Å². The van der Waals surface area contributed by atoms with E-state index in [0.717, 1.165) is 0 Å². The van der Waals surface area contributed by atoms with Gasteiger partial charge in [-0.15, -0.1) is 0 Å². The normalized spacial score (nSPS) is 11.6. The van der Waals surface area contributed by atoms with Crippen LogP contribution >= 0.6 is 0 Å². The van der Waals surface area contributed by atoms with Gasteiger partial charge in [-0.05, 0) is 17.7 Å². The van der Waals surface area contributed by atoms with Gasteiger partial charge < -0.3 is 0 Å². The number of benzene rings is 1. The average Bonchev–Trinajstić information content (AvgIpc) is 2.14. The van der Waals surface area contributed by atoms with Crippen LogP contribution in [-0.4, -0.2) is 15.5 Å². The third-order valence-electron chi connectivity index (χ3n) is 1.57. The fourth-order valence-electron chi connectivity index (χ4n) is 0.939. The second-order valence-electron chi connectivity index (χ2n) is 2.62. The van der Waals surface area contributed by atoms with Gasteiger partial charge in [-0.2, -0.15) is 0 Å². The van der Waals surface area contributed by atoms with E-state index in [9.17, 15) is 8.42 Å². The maximum Gasteiger partial charge on any atom is 0.238 e. The summed E-state index contributed by atoms with van der Waals surface area (Å²) in [6.07, 6.45) is 0. The standard InChI is InChI=1S/C8H11NO4S/c1-12-13-6-7-3-2-4-8(5-7)14(9,10)11/h2-5H,6H2,1H3,(H2,9,10,11). The molecule has 78 valence electrons. The van der Waals surface area contributed by atoms with Crippen LogP contribution in [0, 0.1) is 0 Å². The molecule has 0 aliphatic carbocycles. The van der Waals surface area contributed by atoms with E-state index in [1.165, 1.54) is 19.2 Å². The molecule has 1 rings (SSSR count). The first kappa shape index (κ1) is 11.1. The number of rotatable bonds is 4. The molecule has 6 heteroatoms. The fourth-order valence-corrected chi connectivity index (χ4v) is 1.52. The molecular formula is C8H11NO4S. The van der Waals surface area contributed by atoms with Crippen molar-refractivity contribution in [2.45, 2.75) is 11.5 Å². The number of hydrogen-bond donors (Lipinski definition) is 1. The highest BCUT2D eigenvalue weighted by molar-refractivity contribution is 7.89. The minimum atomic E-state index is -3.65. The maximum absolute atomic E-state index is 11.0. The van der Waals surface area contributed by atoms with Crippen LogP contribution < -0.4 is 5.14 Å². The van der Waals surface area contributed by atoms with E-state index in [0.29, 0.717) is 5.56 Å². The number of hydrogen-bond acceptors (Lipinski definition) is 4. The van der Waals surface area contributed by atoms with Crippen molar-refractivity contribution in [2.24, 2.45) is 5.14 Å². The predicted octanol–water partition coefficient (Wildman–Crippen LogP) is 0.412. The van der Waals surface area contributed by atoms with E-state index in [-0.39, 0.29) is 11.5 Å². The molecule has 0 aliphatic heterocycles. The van der Waals surface area contributed by atoms with Crippen molar-refractivity contribution in [1.29, 1.82) is 0 Å². The summed E-state index contributed by atoms with van der Waals surface area (Å²) in [5.74, 6) is 0. The van der Waals surface area contributed by atoms with Crippen molar-refractivity contribution < 1.29 is 18.2 Å². The number of sulfonamides is 1. The summed E-state index contributed by atoms with van der Waals surface area (Å²) in [7, 11) is -2.27. The molecule has 1 aromatic rings. The molecule has 0 fully saturated rings. The lowest BCUT2D eigenvalue weighted by Crippen LogP contribution is -2.12. The molecule has 2 N–H and O–H groups in total. The molecule has 0 heterocycles. The van der Waals surface area contributed by atoms with Crippen LogP contribution in [0.4, 0.5) is 0 Å². The largest absolute Gasteiger partial charge is 0.240 e. The highest BCUT2D eigenvalue weighted by Crippen LogP contribution is 2.10. The SMILES string of the molecule is COOCc1cccc(S(N)(=O)=O)c1. The molecule has 0 saturated carbocycles. The zero-order valence-electron chi connectivity index (χ0n) is 7.64. The molecule has 5 nitrogen and oxygen atoms in total. The van der Waals surface area contributed by atoms with E-state index >= 15 is 0 Å². The summed E-state index contributed by atoms with van der Waals surface area (Å²) < 4.78 is 21.9. The zero-order valence-corrected chi connectivity index (χ0v) is 8.45. The van der Waals surface area contributed by atoms with Crippen molar-refractivity contribution >= 4 is 10.0 Å². The van der Waals surface area contributed by atoms with Gasteiger partial charge in [0.15, 0.2) is 0 Å². The van der Waals surface area contributed by atoms with Crippen LogP contribution in [0.15, 0.2) is 29.2 Å². The van der Waals surface area contributed by atoms with Gasteiger partial charge in [0.25, 0.3) is 0 Å². The van der Waals surface area contributed by atoms with Gasteiger partial charge in [0.2, 0.25) is 10.0 Å². The van der Waals surface area contributed by atoms with Gasteiger partial charge in [-0.3, -0.25) is 0 Å². The van der Waals surface area contributed by atoms with Crippen LogP contribution in [-0.2, 0) is 26.4 Å². The molecule has 0 radical (unpaired) electrons. The van der Waals surface area contributed by atoms with Crippen LogP contribution in [0.1, 0.15) is 5.56 Å². The molecule has 0 unspecified atom stereocenters. The highest BCUT2D eigenvalue weighted by Gasteiger charge is 2.07. The minimum Gasteiger partial charge on any atom is -0.240 e. The first-order valence-corrected chi connectivity index (χ1v) is 5.36. The zero-order chi connectivity index (χ0) is 10.6. The quantitative estimate of drug-likeness (QED) is 0.585. The molecule has 1 aromatic carbocycles. The lowest BCUT2D eigenvalue weighted by Gasteiger charge is -2.02. The van der Waals surface area contributed by atoms with Crippen molar-refractivity contribution in [3.05, 3.63) is 29.8 Å². The molecule has 0 amide bonds. The Kier molecular flexibility index (Phi) is 3.59. The smallest absolute Gasteiger partial charge is 0.238 e. The Labute approximate surface area is 82.4 Å². The van der Waals surface area contributed by atoms with Gasteiger partial charge in [-0.25, -0.2) is 23.3 Å². The van der Waals surface area contributed by atoms with Crippen molar-refractivity contribution in [3.8, 4) is 0 Å². The van der Waals surface area contributed by atoms with E-state index in [4.69, 9.17) is 5.14 Å². The Balaban J connectivity index is 2.90. The lowest BCUT2D eigenvalue weighted by atomic mass is 10.2. The predicted molar refractivity (Wildman–Crippen MR) is 49.6 cm³/mol. The first-order chi connectivity index (χ1) is 6.54. The summed E-state index contributed by atoms with van der Waals surface area (Å²) in [6, 6.07) is 6.17. The fraction of sp³-hybridized carbons (Fsp3) is 0.250. The van der Waals surface area contributed by atoms with Gasteiger partial charge in [0, 0.05) is 0 Å². The van der Waals surface area contributed by atoms with Crippen molar-refractivity contribution in [3.63, 3.8) is 0 Å². The van der Waals surface area contributed by atoms with E-state index in [1.54, 1.807) is 12.1 Å². The Hall–Kier alpha value is -0.950. The van der Waals surface area contributed by atoms with Crippen molar-refractivity contribution in [2.75, 3.05) is 7.11 Å². The average molecular weight is 217 g/mol. The summed E-state index contributed by atoms with van der Waals surface area (Å²) in [4.78, 5) is 9.11. The number of primary sulfonamides is 1. The Morgan fingerprint density at radius 1 is 1.43 bits per heavy atom. The van der Waals surface area contributed by atoms with Crippen LogP contribution in [0.25, 0.3) is 0 Å². The van der Waals surface area contributed by atoms with Gasteiger partial charge in [0.1, 0.15) is 6.61 Å². The summed E-state index contributed by atoms with van der Waals surface area (Å²) in [5, 5.41) is 4.95. The van der Waals surface area contributed by atoms with Crippen LogP contribution in [0.3, 0.4) is 0 Å². The topological polar surface area (TPSA) is 78.6 Å². The minimum absolute atomic E-state index is 0.0645. The summed E-state index contributed by atoms with van der Waals surface area (Å²) in [5.41, 5.74) is 0.679. The Morgan fingerprint density at radius 3 is 2.71 bits per heavy atom. The molecule has 0 atom stereocenters. The molecule has 0 bridgehead atoms. The molecule has 0 spiro atoms. The molecular weight excluding hydrogens is 206 g/mol.